The number of hydrogen-bond acceptors (Lipinski definition) is 3. The average molecular weight is 282 g/mol. The van der Waals surface area contributed by atoms with E-state index in [4.69, 9.17) is 5.73 Å². The summed E-state index contributed by atoms with van der Waals surface area (Å²) >= 11 is 0. The highest BCUT2D eigenvalue weighted by atomic mass is 16.2. The number of nitrogens with two attached hydrogens (primary N) is 1. The molecule has 20 heavy (non-hydrogen) atoms. The minimum Gasteiger partial charge on any atom is -0.369 e. The molecule has 6 nitrogen and oxygen atoms in total. The van der Waals surface area contributed by atoms with Crippen LogP contribution in [0.2, 0.25) is 0 Å². The summed E-state index contributed by atoms with van der Waals surface area (Å²) in [6, 6.07) is 0.0294. The number of amides is 3. The van der Waals surface area contributed by atoms with Gasteiger partial charge in [0.05, 0.1) is 6.54 Å². The van der Waals surface area contributed by atoms with Crippen LogP contribution in [-0.4, -0.2) is 61.0 Å². The Balaban J connectivity index is 1.60. The first-order valence-electron chi connectivity index (χ1n) is 7.68. The van der Waals surface area contributed by atoms with Crippen LogP contribution in [0.25, 0.3) is 0 Å². The Labute approximate surface area is 120 Å². The molecule has 114 valence electrons. The number of nitrogens with zero attached hydrogens (tertiary/aromatic N) is 2. The highest BCUT2D eigenvalue weighted by molar-refractivity contribution is 5.76. The number of carbonyl (C=O) groups is 2. The molecule has 2 rings (SSSR count). The van der Waals surface area contributed by atoms with E-state index < -0.39 is 0 Å². The Morgan fingerprint density at radius 3 is 2.35 bits per heavy atom. The lowest BCUT2D eigenvalue weighted by Gasteiger charge is -2.34. The van der Waals surface area contributed by atoms with Crippen molar-refractivity contribution in [2.24, 2.45) is 11.7 Å². The van der Waals surface area contributed by atoms with E-state index in [0.29, 0.717) is 13.1 Å². The first kappa shape index (κ1) is 15.1. The zero-order valence-electron chi connectivity index (χ0n) is 12.1. The topological polar surface area (TPSA) is 78.7 Å². The van der Waals surface area contributed by atoms with Crippen molar-refractivity contribution in [2.45, 2.75) is 32.1 Å². The molecular weight excluding hydrogens is 256 g/mol. The molecule has 0 bridgehead atoms. The normalized spacial score (nSPS) is 21.1. The average Bonchev–Trinajstić information content (AvgIpc) is 2.92. The van der Waals surface area contributed by atoms with Gasteiger partial charge in [0.15, 0.2) is 0 Å². The number of nitrogens with one attached hydrogen (secondary N) is 1. The number of rotatable bonds is 5. The smallest absolute Gasteiger partial charge is 0.317 e. The van der Waals surface area contributed by atoms with Crippen molar-refractivity contribution in [1.29, 1.82) is 0 Å². The molecule has 1 saturated heterocycles. The van der Waals surface area contributed by atoms with Crippen LogP contribution in [0.5, 0.6) is 0 Å². The van der Waals surface area contributed by atoms with Gasteiger partial charge in [0.2, 0.25) is 5.91 Å². The van der Waals surface area contributed by atoms with Crippen molar-refractivity contribution in [2.75, 3.05) is 39.3 Å². The quantitative estimate of drug-likeness (QED) is 0.765. The van der Waals surface area contributed by atoms with Crippen LogP contribution in [0.1, 0.15) is 32.1 Å². The van der Waals surface area contributed by atoms with E-state index in [1.165, 1.54) is 25.7 Å². The van der Waals surface area contributed by atoms with Gasteiger partial charge >= 0.3 is 6.03 Å². The number of piperazine rings is 1. The maximum absolute atomic E-state index is 12.0. The minimum atomic E-state index is -0.306. The highest BCUT2D eigenvalue weighted by Crippen LogP contribution is 2.26. The predicted octanol–water partition coefficient (Wildman–Crippen LogP) is 0.379. The fourth-order valence-electron chi connectivity index (χ4n) is 3.12. The maximum Gasteiger partial charge on any atom is 0.317 e. The van der Waals surface area contributed by atoms with E-state index in [-0.39, 0.29) is 18.5 Å². The highest BCUT2D eigenvalue weighted by Gasteiger charge is 2.22. The molecule has 0 aromatic heterocycles. The van der Waals surface area contributed by atoms with Gasteiger partial charge in [-0.05, 0) is 12.3 Å². The van der Waals surface area contributed by atoms with E-state index in [1.54, 1.807) is 0 Å². The van der Waals surface area contributed by atoms with Crippen molar-refractivity contribution >= 4 is 11.9 Å². The second-order valence-corrected chi connectivity index (χ2v) is 5.90. The summed E-state index contributed by atoms with van der Waals surface area (Å²) in [6.07, 6.45) is 6.44. The SMILES string of the molecule is NC(=O)CN1CCN(C(=O)NCCC2CCCC2)CC1. The van der Waals surface area contributed by atoms with E-state index in [2.05, 4.69) is 5.32 Å². The Morgan fingerprint density at radius 1 is 1.10 bits per heavy atom. The Hall–Kier alpha value is -1.30. The number of hydrogen-bond donors (Lipinski definition) is 2. The van der Waals surface area contributed by atoms with Crippen LogP contribution < -0.4 is 11.1 Å². The van der Waals surface area contributed by atoms with Crippen LogP contribution in [0, 0.1) is 5.92 Å². The largest absolute Gasteiger partial charge is 0.369 e. The van der Waals surface area contributed by atoms with Gasteiger partial charge in [-0.3, -0.25) is 9.69 Å². The second-order valence-electron chi connectivity index (χ2n) is 5.90. The third-order valence-electron chi connectivity index (χ3n) is 4.34. The molecule has 6 heteroatoms. The van der Waals surface area contributed by atoms with E-state index >= 15 is 0 Å². The summed E-state index contributed by atoms with van der Waals surface area (Å²) < 4.78 is 0. The van der Waals surface area contributed by atoms with E-state index in [1.807, 2.05) is 9.80 Å². The van der Waals surface area contributed by atoms with Crippen molar-refractivity contribution < 1.29 is 9.59 Å². The van der Waals surface area contributed by atoms with E-state index in [0.717, 1.165) is 32.0 Å². The maximum atomic E-state index is 12.0. The van der Waals surface area contributed by atoms with Crippen LogP contribution in [0.4, 0.5) is 4.79 Å². The summed E-state index contributed by atoms with van der Waals surface area (Å²) in [7, 11) is 0. The van der Waals surface area contributed by atoms with Crippen molar-refractivity contribution in [3.63, 3.8) is 0 Å². The van der Waals surface area contributed by atoms with Gasteiger partial charge in [-0.15, -0.1) is 0 Å². The molecule has 0 radical (unpaired) electrons. The second kappa shape index (κ2) is 7.47. The number of primary amides is 1. The standard InChI is InChI=1S/C14H26N4O2/c15-13(19)11-17-7-9-18(10-8-17)14(20)16-6-5-12-3-1-2-4-12/h12H,1-11H2,(H2,15,19)(H,16,20). The lowest BCUT2D eigenvalue weighted by atomic mass is 10.0. The van der Waals surface area contributed by atoms with Crippen molar-refractivity contribution in [3.8, 4) is 0 Å². The summed E-state index contributed by atoms with van der Waals surface area (Å²) in [4.78, 5) is 26.7. The molecule has 2 fully saturated rings. The molecule has 1 saturated carbocycles. The molecule has 1 aliphatic carbocycles. The molecule has 2 aliphatic rings. The van der Waals surface area contributed by atoms with Crippen molar-refractivity contribution in [3.05, 3.63) is 0 Å². The third kappa shape index (κ3) is 4.67. The molecule has 0 spiro atoms. The summed E-state index contributed by atoms with van der Waals surface area (Å²) in [5.74, 6) is 0.502. The molecule has 0 unspecified atom stereocenters. The molecule has 0 aromatic carbocycles. The number of urea groups is 1. The zero-order chi connectivity index (χ0) is 14.4. The van der Waals surface area contributed by atoms with Gasteiger partial charge in [0.25, 0.3) is 0 Å². The van der Waals surface area contributed by atoms with Gasteiger partial charge in [-0.25, -0.2) is 4.79 Å². The van der Waals surface area contributed by atoms with Crippen molar-refractivity contribution in [1.82, 2.24) is 15.1 Å². The Kier molecular flexibility index (Phi) is 5.64. The fraction of sp³-hybridized carbons (Fsp3) is 0.857. The molecule has 3 amide bonds. The fourth-order valence-corrected chi connectivity index (χ4v) is 3.12. The van der Waals surface area contributed by atoms with Crippen LogP contribution in [-0.2, 0) is 4.79 Å². The van der Waals surface area contributed by atoms with Crippen LogP contribution >= 0.6 is 0 Å². The Morgan fingerprint density at radius 2 is 1.75 bits per heavy atom. The first-order chi connectivity index (χ1) is 9.65. The predicted molar refractivity (Wildman–Crippen MR) is 77.2 cm³/mol. The monoisotopic (exact) mass is 282 g/mol. The van der Waals surface area contributed by atoms with Crippen LogP contribution in [0.15, 0.2) is 0 Å². The summed E-state index contributed by atoms with van der Waals surface area (Å²) in [6.45, 7) is 3.85. The van der Waals surface area contributed by atoms with Gasteiger partial charge in [0.1, 0.15) is 0 Å². The zero-order valence-corrected chi connectivity index (χ0v) is 12.1. The van der Waals surface area contributed by atoms with Crippen LogP contribution in [0.3, 0.4) is 0 Å². The van der Waals surface area contributed by atoms with Gasteiger partial charge in [0, 0.05) is 32.7 Å². The number of carbonyl (C=O) groups excluding carboxylic acids is 2. The molecular formula is C14H26N4O2. The Bertz CT molecular complexity index is 334. The molecule has 3 N–H and O–H groups in total. The van der Waals surface area contributed by atoms with Gasteiger partial charge in [-0.1, -0.05) is 25.7 Å². The summed E-state index contributed by atoms with van der Waals surface area (Å²) in [5, 5.41) is 3.01. The summed E-state index contributed by atoms with van der Waals surface area (Å²) in [5.41, 5.74) is 5.17. The van der Waals surface area contributed by atoms with Gasteiger partial charge in [-0.2, -0.15) is 0 Å². The minimum absolute atomic E-state index is 0.0294. The molecule has 1 heterocycles. The van der Waals surface area contributed by atoms with Gasteiger partial charge < -0.3 is 16.0 Å². The molecule has 0 aromatic rings. The molecule has 0 atom stereocenters. The molecule has 1 aliphatic heterocycles. The lowest BCUT2D eigenvalue weighted by molar-refractivity contribution is -0.119. The van der Waals surface area contributed by atoms with E-state index in [9.17, 15) is 9.59 Å². The lowest BCUT2D eigenvalue weighted by Crippen LogP contribution is -2.53. The first-order valence-corrected chi connectivity index (χ1v) is 7.68. The third-order valence-corrected chi connectivity index (χ3v) is 4.34.